The molecule has 0 aromatic carbocycles. The Kier molecular flexibility index (Phi) is 4.99. The summed E-state index contributed by atoms with van der Waals surface area (Å²) < 4.78 is 0. The van der Waals surface area contributed by atoms with Crippen LogP contribution < -0.4 is 16.4 Å². The van der Waals surface area contributed by atoms with E-state index in [1.54, 1.807) is 0 Å². The van der Waals surface area contributed by atoms with Crippen molar-refractivity contribution in [1.82, 2.24) is 20.8 Å². The van der Waals surface area contributed by atoms with Gasteiger partial charge in [-0.3, -0.25) is 14.7 Å². The second-order valence-corrected chi connectivity index (χ2v) is 3.55. The zero-order valence-electron chi connectivity index (χ0n) is 9.75. The summed E-state index contributed by atoms with van der Waals surface area (Å²) in [5.41, 5.74) is 5.77. The number of hydrogen-bond acceptors (Lipinski definition) is 4. The SMILES string of the molecule is CCCNC(=O)CCNC(=O)c1cn[nH]c1N. The van der Waals surface area contributed by atoms with Gasteiger partial charge in [0.25, 0.3) is 5.91 Å². The molecule has 1 aromatic heterocycles. The van der Waals surface area contributed by atoms with E-state index in [9.17, 15) is 9.59 Å². The minimum absolute atomic E-state index is 0.0766. The first-order valence-electron chi connectivity index (χ1n) is 5.49. The monoisotopic (exact) mass is 239 g/mol. The van der Waals surface area contributed by atoms with Gasteiger partial charge < -0.3 is 16.4 Å². The molecule has 1 heterocycles. The molecule has 7 heteroatoms. The van der Waals surface area contributed by atoms with Gasteiger partial charge >= 0.3 is 0 Å². The number of nitrogens with zero attached hydrogens (tertiary/aromatic N) is 1. The van der Waals surface area contributed by atoms with Gasteiger partial charge in [0.2, 0.25) is 5.91 Å². The van der Waals surface area contributed by atoms with Crippen molar-refractivity contribution in [1.29, 1.82) is 0 Å². The molecule has 7 nitrogen and oxygen atoms in total. The predicted octanol–water partition coefficient (Wildman–Crippen LogP) is -0.362. The lowest BCUT2D eigenvalue weighted by Crippen LogP contribution is -2.31. The summed E-state index contributed by atoms with van der Waals surface area (Å²) in [4.78, 5) is 22.8. The van der Waals surface area contributed by atoms with Crippen LogP contribution in [0.25, 0.3) is 0 Å². The number of nitrogens with one attached hydrogen (secondary N) is 3. The van der Waals surface area contributed by atoms with Gasteiger partial charge in [-0.1, -0.05) is 6.92 Å². The molecular formula is C10H17N5O2. The summed E-state index contributed by atoms with van der Waals surface area (Å²) in [6, 6.07) is 0. The van der Waals surface area contributed by atoms with Crippen LogP contribution in [0.5, 0.6) is 0 Å². The van der Waals surface area contributed by atoms with Crippen molar-refractivity contribution in [3.63, 3.8) is 0 Å². The molecule has 0 fully saturated rings. The molecule has 0 saturated heterocycles. The van der Waals surface area contributed by atoms with Crippen molar-refractivity contribution in [2.45, 2.75) is 19.8 Å². The zero-order chi connectivity index (χ0) is 12.7. The van der Waals surface area contributed by atoms with Crippen LogP contribution in [0.2, 0.25) is 0 Å². The minimum Gasteiger partial charge on any atom is -0.383 e. The van der Waals surface area contributed by atoms with E-state index in [0.29, 0.717) is 12.1 Å². The lowest BCUT2D eigenvalue weighted by molar-refractivity contribution is -0.120. The Bertz CT molecular complexity index is 388. The van der Waals surface area contributed by atoms with Gasteiger partial charge in [-0.25, -0.2) is 0 Å². The van der Waals surface area contributed by atoms with Crippen molar-refractivity contribution in [3.8, 4) is 0 Å². The maximum Gasteiger partial charge on any atom is 0.256 e. The molecule has 0 bridgehead atoms. The summed E-state index contributed by atoms with van der Waals surface area (Å²) in [7, 11) is 0. The molecule has 0 aliphatic carbocycles. The van der Waals surface area contributed by atoms with Crippen LogP contribution in [-0.4, -0.2) is 35.1 Å². The fraction of sp³-hybridized carbons (Fsp3) is 0.500. The number of rotatable bonds is 6. The number of nitrogen functional groups attached to an aromatic ring is 1. The highest BCUT2D eigenvalue weighted by Gasteiger charge is 2.11. The summed E-state index contributed by atoms with van der Waals surface area (Å²) in [5, 5.41) is 11.4. The van der Waals surface area contributed by atoms with Crippen LogP contribution in [0.1, 0.15) is 30.1 Å². The highest BCUT2D eigenvalue weighted by Crippen LogP contribution is 2.04. The van der Waals surface area contributed by atoms with Crippen molar-refractivity contribution in [3.05, 3.63) is 11.8 Å². The van der Waals surface area contributed by atoms with Crippen LogP contribution in [0.15, 0.2) is 6.20 Å². The van der Waals surface area contributed by atoms with Crippen molar-refractivity contribution >= 4 is 17.6 Å². The number of aromatic amines is 1. The van der Waals surface area contributed by atoms with E-state index in [1.807, 2.05) is 6.92 Å². The first-order valence-corrected chi connectivity index (χ1v) is 5.49. The third kappa shape index (κ3) is 4.13. The Morgan fingerprint density at radius 3 is 2.76 bits per heavy atom. The molecule has 0 unspecified atom stereocenters. The quantitative estimate of drug-likeness (QED) is 0.542. The standard InChI is InChI=1S/C10H17N5O2/c1-2-4-12-8(16)3-5-13-10(17)7-6-14-15-9(7)11/h6H,2-5H2,1H3,(H,12,16)(H,13,17)(H3,11,14,15). The molecule has 1 aromatic rings. The molecule has 0 saturated carbocycles. The molecular weight excluding hydrogens is 222 g/mol. The summed E-state index contributed by atoms with van der Waals surface area (Å²) in [5.74, 6) is -0.190. The molecule has 2 amide bonds. The predicted molar refractivity (Wildman–Crippen MR) is 63.3 cm³/mol. The first-order chi connectivity index (χ1) is 8.15. The lowest BCUT2D eigenvalue weighted by atomic mass is 10.3. The first kappa shape index (κ1) is 13.0. The molecule has 0 aliphatic heterocycles. The molecule has 5 N–H and O–H groups in total. The molecule has 17 heavy (non-hydrogen) atoms. The Morgan fingerprint density at radius 2 is 2.18 bits per heavy atom. The number of carbonyl (C=O) groups excluding carboxylic acids is 2. The van der Waals surface area contributed by atoms with Crippen molar-refractivity contribution < 1.29 is 9.59 Å². The van der Waals surface area contributed by atoms with Gasteiger partial charge in [-0.05, 0) is 6.42 Å². The van der Waals surface area contributed by atoms with E-state index in [2.05, 4.69) is 20.8 Å². The summed E-state index contributed by atoms with van der Waals surface area (Å²) in [6.07, 6.45) is 2.50. The smallest absolute Gasteiger partial charge is 0.256 e. The third-order valence-electron chi connectivity index (χ3n) is 2.12. The van der Waals surface area contributed by atoms with E-state index < -0.39 is 0 Å². The molecule has 0 aliphatic rings. The van der Waals surface area contributed by atoms with Gasteiger partial charge in [0.15, 0.2) is 0 Å². The number of hydrogen-bond donors (Lipinski definition) is 4. The number of carbonyl (C=O) groups is 2. The maximum atomic E-state index is 11.5. The summed E-state index contributed by atoms with van der Waals surface area (Å²) >= 11 is 0. The average Bonchev–Trinajstić information content (AvgIpc) is 2.72. The number of nitrogens with two attached hydrogens (primary N) is 1. The number of H-pyrrole nitrogens is 1. The van der Waals surface area contributed by atoms with E-state index >= 15 is 0 Å². The van der Waals surface area contributed by atoms with Gasteiger partial charge in [-0.2, -0.15) is 5.10 Å². The van der Waals surface area contributed by atoms with Gasteiger partial charge in [0.05, 0.1) is 6.20 Å². The number of amides is 2. The van der Waals surface area contributed by atoms with Crippen LogP contribution in [0, 0.1) is 0 Å². The fourth-order valence-corrected chi connectivity index (χ4v) is 1.21. The van der Waals surface area contributed by atoms with Crippen LogP contribution in [0.4, 0.5) is 5.82 Å². The third-order valence-corrected chi connectivity index (χ3v) is 2.12. The zero-order valence-corrected chi connectivity index (χ0v) is 9.75. The number of aromatic nitrogens is 2. The van der Waals surface area contributed by atoms with Crippen molar-refractivity contribution in [2.24, 2.45) is 0 Å². The molecule has 94 valence electrons. The van der Waals surface area contributed by atoms with E-state index in [1.165, 1.54) is 6.20 Å². The topological polar surface area (TPSA) is 113 Å². The summed E-state index contributed by atoms with van der Waals surface area (Å²) in [6.45, 7) is 2.91. The minimum atomic E-state index is -0.334. The fourth-order valence-electron chi connectivity index (χ4n) is 1.21. The van der Waals surface area contributed by atoms with Gasteiger partial charge in [0.1, 0.15) is 11.4 Å². The Labute approximate surface area is 99.1 Å². The van der Waals surface area contributed by atoms with Gasteiger partial charge in [0, 0.05) is 19.5 Å². The molecule has 0 radical (unpaired) electrons. The highest BCUT2D eigenvalue weighted by molar-refractivity contribution is 5.98. The van der Waals surface area contributed by atoms with Gasteiger partial charge in [-0.15, -0.1) is 0 Å². The highest BCUT2D eigenvalue weighted by atomic mass is 16.2. The second kappa shape index (κ2) is 6.51. The normalized spacial score (nSPS) is 9.94. The lowest BCUT2D eigenvalue weighted by Gasteiger charge is -2.05. The average molecular weight is 239 g/mol. The van der Waals surface area contributed by atoms with Crippen molar-refractivity contribution in [2.75, 3.05) is 18.8 Å². The van der Waals surface area contributed by atoms with E-state index in [-0.39, 0.29) is 30.6 Å². The second-order valence-electron chi connectivity index (χ2n) is 3.55. The Hall–Kier alpha value is -2.05. The molecule has 0 spiro atoms. The largest absolute Gasteiger partial charge is 0.383 e. The maximum absolute atomic E-state index is 11.5. The Morgan fingerprint density at radius 1 is 1.41 bits per heavy atom. The van der Waals surface area contributed by atoms with Crippen LogP contribution in [-0.2, 0) is 4.79 Å². The van der Waals surface area contributed by atoms with Crippen LogP contribution >= 0.6 is 0 Å². The van der Waals surface area contributed by atoms with E-state index in [0.717, 1.165) is 6.42 Å². The van der Waals surface area contributed by atoms with E-state index in [4.69, 9.17) is 5.73 Å². The number of anilines is 1. The molecule has 1 rings (SSSR count). The Balaban J connectivity index is 2.25. The molecule has 0 atom stereocenters. The van der Waals surface area contributed by atoms with Crippen LogP contribution in [0.3, 0.4) is 0 Å².